The third-order valence-electron chi connectivity index (χ3n) is 4.43. The van der Waals surface area contributed by atoms with E-state index in [-0.39, 0.29) is 22.3 Å². The molecule has 2 aromatic heterocycles. The van der Waals surface area contributed by atoms with E-state index in [1.54, 1.807) is 19.1 Å². The van der Waals surface area contributed by atoms with Crippen molar-refractivity contribution in [2.45, 2.75) is 38.8 Å². The Bertz CT molecular complexity index is 1150. The molecular weight excluding hydrogens is 394 g/mol. The molecule has 3 rings (SSSR count). The van der Waals surface area contributed by atoms with Crippen LogP contribution in [0.5, 0.6) is 0 Å². The molecular formula is C21H20ClN3O2S. The minimum absolute atomic E-state index is 0.0137. The molecule has 1 atom stereocenters. The van der Waals surface area contributed by atoms with Crippen LogP contribution in [0.1, 0.15) is 42.3 Å². The maximum atomic E-state index is 12.9. The Morgan fingerprint density at radius 1 is 1.36 bits per heavy atom. The van der Waals surface area contributed by atoms with Crippen LogP contribution in [0.4, 0.5) is 5.69 Å². The van der Waals surface area contributed by atoms with Crippen LogP contribution >= 0.6 is 23.4 Å². The number of aryl methyl sites for hydroxylation is 1. The summed E-state index contributed by atoms with van der Waals surface area (Å²) in [4.78, 5) is 16.9. The van der Waals surface area contributed by atoms with Gasteiger partial charge in [0, 0.05) is 11.1 Å². The minimum Gasteiger partial charge on any atom is -0.449 e. The molecule has 0 spiro atoms. The lowest BCUT2D eigenvalue weighted by Crippen LogP contribution is -2.13. The van der Waals surface area contributed by atoms with E-state index in [2.05, 4.69) is 10.3 Å². The van der Waals surface area contributed by atoms with Gasteiger partial charge in [0.1, 0.15) is 16.8 Å². The van der Waals surface area contributed by atoms with E-state index in [9.17, 15) is 10.1 Å². The monoisotopic (exact) mass is 413 g/mol. The first kappa shape index (κ1) is 20.2. The number of aromatic nitrogens is 1. The van der Waals surface area contributed by atoms with E-state index in [4.69, 9.17) is 16.0 Å². The highest BCUT2D eigenvalue weighted by Crippen LogP contribution is 2.32. The summed E-state index contributed by atoms with van der Waals surface area (Å²) in [5.74, 6) is 0.812. The molecule has 0 aliphatic carbocycles. The summed E-state index contributed by atoms with van der Waals surface area (Å²) >= 11 is 7.40. The highest BCUT2D eigenvalue weighted by Gasteiger charge is 2.19. The van der Waals surface area contributed by atoms with Crippen LogP contribution in [0.2, 0.25) is 5.15 Å². The summed E-state index contributed by atoms with van der Waals surface area (Å²) in [5.41, 5.74) is 3.79. The third-order valence-corrected chi connectivity index (χ3v) is 5.58. The maximum absolute atomic E-state index is 12.9. The minimum atomic E-state index is -0.220. The summed E-state index contributed by atoms with van der Waals surface area (Å²) in [5, 5.41) is 14.1. The number of hydrogen-bond donors (Lipinski definition) is 1. The molecule has 0 unspecified atom stereocenters. The molecule has 5 nitrogen and oxygen atoms in total. The molecule has 7 heteroatoms. The molecule has 0 radical (unpaired) electrons. The van der Waals surface area contributed by atoms with Gasteiger partial charge in [0.25, 0.3) is 0 Å². The summed E-state index contributed by atoms with van der Waals surface area (Å²) in [6, 6.07) is 9.03. The number of nitrogens with one attached hydrogen (secondary N) is 1. The second-order valence-electron chi connectivity index (χ2n) is 6.52. The Morgan fingerprint density at radius 3 is 2.79 bits per heavy atom. The maximum Gasteiger partial charge on any atom is 0.196 e. The first-order valence-corrected chi connectivity index (χ1v) is 10.3. The second-order valence-corrected chi connectivity index (χ2v) is 8.14. The van der Waals surface area contributed by atoms with Crippen molar-refractivity contribution in [2.75, 3.05) is 11.1 Å². The van der Waals surface area contributed by atoms with Crippen LogP contribution in [-0.2, 0) is 0 Å². The average Bonchev–Trinajstić information content (AvgIpc) is 2.67. The smallest absolute Gasteiger partial charge is 0.196 e. The predicted molar refractivity (Wildman–Crippen MR) is 114 cm³/mol. The van der Waals surface area contributed by atoms with E-state index in [1.807, 2.05) is 39.0 Å². The molecule has 0 aliphatic heterocycles. The Kier molecular flexibility index (Phi) is 5.97. The van der Waals surface area contributed by atoms with Gasteiger partial charge in [-0.3, -0.25) is 4.79 Å². The van der Waals surface area contributed by atoms with Gasteiger partial charge in [0.15, 0.2) is 16.2 Å². The van der Waals surface area contributed by atoms with Crippen molar-refractivity contribution in [3.63, 3.8) is 0 Å². The van der Waals surface area contributed by atoms with Crippen molar-refractivity contribution in [1.29, 1.82) is 5.26 Å². The van der Waals surface area contributed by atoms with Crippen LogP contribution in [0.3, 0.4) is 0 Å². The molecule has 0 fully saturated rings. The largest absolute Gasteiger partial charge is 0.449 e. The molecule has 144 valence electrons. The fraction of sp³-hybridized carbons (Fsp3) is 0.286. The quantitative estimate of drug-likeness (QED) is 0.432. The van der Waals surface area contributed by atoms with Crippen LogP contribution in [-0.4, -0.2) is 10.7 Å². The van der Waals surface area contributed by atoms with Crippen molar-refractivity contribution in [3.05, 3.63) is 62.0 Å². The van der Waals surface area contributed by atoms with Crippen molar-refractivity contribution < 1.29 is 4.42 Å². The lowest BCUT2D eigenvalue weighted by atomic mass is 10.0. The number of halogens is 1. The molecule has 3 aromatic rings. The van der Waals surface area contributed by atoms with Crippen molar-refractivity contribution in [2.24, 2.45) is 0 Å². The van der Waals surface area contributed by atoms with E-state index in [0.717, 1.165) is 16.9 Å². The zero-order chi connectivity index (χ0) is 20.4. The van der Waals surface area contributed by atoms with Crippen LogP contribution in [0.15, 0.2) is 38.6 Å². The number of pyridine rings is 1. The fourth-order valence-corrected chi connectivity index (χ4v) is 3.95. The molecule has 0 saturated heterocycles. The van der Waals surface area contributed by atoms with Gasteiger partial charge in [-0.05, 0) is 50.3 Å². The third kappa shape index (κ3) is 3.87. The highest BCUT2D eigenvalue weighted by atomic mass is 35.5. The number of anilines is 1. The first-order valence-electron chi connectivity index (χ1n) is 8.89. The number of fused-ring (bicyclic) bond motifs is 1. The number of benzene rings is 1. The van der Waals surface area contributed by atoms with E-state index >= 15 is 0 Å². The topological polar surface area (TPSA) is 78.9 Å². The Hall–Kier alpha value is -2.49. The Balaban J connectivity index is 2.14. The van der Waals surface area contributed by atoms with Crippen LogP contribution in [0.25, 0.3) is 11.0 Å². The molecule has 28 heavy (non-hydrogen) atoms. The number of hydrogen-bond acceptors (Lipinski definition) is 6. The number of rotatable bonds is 5. The lowest BCUT2D eigenvalue weighted by molar-refractivity contribution is 0.488. The number of nitrogens with zero attached hydrogens (tertiary/aromatic N) is 2. The molecule has 0 aliphatic rings. The molecule has 0 bridgehead atoms. The van der Waals surface area contributed by atoms with Gasteiger partial charge in [-0.1, -0.05) is 36.4 Å². The SMILES string of the molecule is CCSc1oc2c([C@@H](C)Nc3ccc(Cl)nc3C#N)cc(C)cc2c(=O)c1C. The van der Waals surface area contributed by atoms with Gasteiger partial charge in [-0.2, -0.15) is 5.26 Å². The van der Waals surface area contributed by atoms with Gasteiger partial charge in [0.05, 0.1) is 17.1 Å². The summed E-state index contributed by atoms with van der Waals surface area (Å²) < 4.78 is 6.16. The number of thioether (sulfide) groups is 1. The number of nitriles is 1. The molecule has 2 heterocycles. The zero-order valence-corrected chi connectivity index (χ0v) is 17.7. The summed E-state index contributed by atoms with van der Waals surface area (Å²) in [6.07, 6.45) is 0. The normalized spacial score (nSPS) is 12.0. The zero-order valence-electron chi connectivity index (χ0n) is 16.1. The van der Waals surface area contributed by atoms with Gasteiger partial charge in [0.2, 0.25) is 0 Å². The Morgan fingerprint density at radius 2 is 2.11 bits per heavy atom. The standard InChI is InChI=1S/C21H20ClN3O2S/c1-5-28-21-12(3)19(26)15-9-11(2)8-14(20(15)27-21)13(4)24-16-6-7-18(22)25-17(16)10-23/h6-9,13,24H,5H2,1-4H3/t13-/m1/s1. The van der Waals surface area contributed by atoms with Crippen molar-refractivity contribution in [3.8, 4) is 6.07 Å². The Labute approximate surface area is 172 Å². The van der Waals surface area contributed by atoms with Gasteiger partial charge in [-0.15, -0.1) is 0 Å². The first-order chi connectivity index (χ1) is 13.3. The lowest BCUT2D eigenvalue weighted by Gasteiger charge is -2.19. The summed E-state index contributed by atoms with van der Waals surface area (Å²) in [7, 11) is 0. The van der Waals surface area contributed by atoms with E-state index < -0.39 is 0 Å². The van der Waals surface area contributed by atoms with Crippen LogP contribution < -0.4 is 10.7 Å². The van der Waals surface area contributed by atoms with E-state index in [1.165, 1.54) is 11.8 Å². The van der Waals surface area contributed by atoms with Gasteiger partial charge >= 0.3 is 0 Å². The van der Waals surface area contributed by atoms with Crippen molar-refractivity contribution >= 4 is 40.0 Å². The molecule has 0 saturated carbocycles. The van der Waals surface area contributed by atoms with Crippen molar-refractivity contribution in [1.82, 2.24) is 4.98 Å². The van der Waals surface area contributed by atoms with E-state index in [0.29, 0.717) is 27.3 Å². The average molecular weight is 414 g/mol. The fourth-order valence-electron chi connectivity index (χ4n) is 3.09. The van der Waals surface area contributed by atoms with Gasteiger partial charge in [-0.25, -0.2) is 4.98 Å². The van der Waals surface area contributed by atoms with Gasteiger partial charge < -0.3 is 9.73 Å². The summed E-state index contributed by atoms with van der Waals surface area (Å²) in [6.45, 7) is 7.72. The van der Waals surface area contributed by atoms with Crippen LogP contribution in [0, 0.1) is 25.2 Å². The predicted octanol–water partition coefficient (Wildman–Crippen LogP) is 5.62. The second kappa shape index (κ2) is 8.26. The molecule has 0 amide bonds. The highest BCUT2D eigenvalue weighted by molar-refractivity contribution is 7.99. The molecule has 1 N–H and O–H groups in total. The molecule has 1 aromatic carbocycles.